The molecule has 0 radical (unpaired) electrons. The van der Waals surface area contributed by atoms with Crippen molar-refractivity contribution < 1.29 is 9.90 Å². The van der Waals surface area contributed by atoms with E-state index in [0.717, 1.165) is 32.5 Å². The molecule has 1 N–H and O–H groups in total. The van der Waals surface area contributed by atoms with Gasteiger partial charge in [0.15, 0.2) is 0 Å². The van der Waals surface area contributed by atoms with Crippen LogP contribution in [0.2, 0.25) is 0 Å². The van der Waals surface area contributed by atoms with E-state index in [0.29, 0.717) is 36.8 Å². The largest absolute Gasteiger partial charge is 0.388 e. The van der Waals surface area contributed by atoms with Gasteiger partial charge in [0, 0.05) is 38.0 Å². The molecule has 2 aliphatic heterocycles. The molecule has 2 saturated heterocycles. The van der Waals surface area contributed by atoms with Crippen molar-refractivity contribution >= 4 is 16.8 Å². The Balaban J connectivity index is 1.11. The van der Waals surface area contributed by atoms with Crippen molar-refractivity contribution in [2.75, 3.05) is 32.7 Å². The molecule has 41 heavy (non-hydrogen) atoms. The summed E-state index contributed by atoms with van der Waals surface area (Å²) >= 11 is 0. The van der Waals surface area contributed by atoms with Gasteiger partial charge in [-0.05, 0) is 55.5 Å². The summed E-state index contributed by atoms with van der Waals surface area (Å²) in [5.41, 5.74) is 2.01. The SMILES string of the molecule is O=C([C@@H]1CCN(CCc2ccccc2)C[C@H]1c1ccccc1)N1CCC(O)(Cn2cnc3ccccc3c2=O)CC1. The average molecular weight is 551 g/mol. The van der Waals surface area contributed by atoms with Crippen LogP contribution in [0.5, 0.6) is 0 Å². The summed E-state index contributed by atoms with van der Waals surface area (Å²) in [5.74, 6) is 0.244. The Kier molecular flexibility index (Phi) is 7.99. The summed E-state index contributed by atoms with van der Waals surface area (Å²) in [6, 6.07) is 28.3. The number of para-hydroxylation sites is 1. The van der Waals surface area contributed by atoms with Gasteiger partial charge in [0.1, 0.15) is 0 Å². The molecule has 1 aromatic heterocycles. The number of aliphatic hydroxyl groups is 1. The number of hydrogen-bond donors (Lipinski definition) is 1. The van der Waals surface area contributed by atoms with Crippen LogP contribution < -0.4 is 5.56 Å². The Bertz CT molecular complexity index is 1530. The van der Waals surface area contributed by atoms with Crippen LogP contribution in [0.25, 0.3) is 10.9 Å². The van der Waals surface area contributed by atoms with Crippen molar-refractivity contribution in [3.05, 3.63) is 113 Å². The summed E-state index contributed by atoms with van der Waals surface area (Å²) < 4.78 is 1.51. The summed E-state index contributed by atoms with van der Waals surface area (Å²) in [6.07, 6.45) is 4.22. The van der Waals surface area contributed by atoms with Crippen LogP contribution in [-0.4, -0.2) is 68.7 Å². The Labute approximate surface area is 241 Å². The van der Waals surface area contributed by atoms with Crippen LogP contribution in [0.1, 0.15) is 36.3 Å². The van der Waals surface area contributed by atoms with Crippen molar-refractivity contribution in [2.24, 2.45) is 5.92 Å². The van der Waals surface area contributed by atoms with E-state index < -0.39 is 5.60 Å². The van der Waals surface area contributed by atoms with E-state index in [-0.39, 0.29) is 29.8 Å². The van der Waals surface area contributed by atoms with E-state index in [9.17, 15) is 14.7 Å². The third-order valence-corrected chi connectivity index (χ3v) is 9.00. The maximum absolute atomic E-state index is 14.0. The van der Waals surface area contributed by atoms with Gasteiger partial charge in [-0.15, -0.1) is 0 Å². The van der Waals surface area contributed by atoms with Gasteiger partial charge in [-0.25, -0.2) is 4.98 Å². The van der Waals surface area contributed by atoms with Gasteiger partial charge in [0.05, 0.1) is 29.4 Å². The van der Waals surface area contributed by atoms with Gasteiger partial charge in [0.25, 0.3) is 5.56 Å². The molecular formula is C34H38N4O3. The number of fused-ring (bicyclic) bond motifs is 1. The van der Waals surface area contributed by atoms with E-state index in [2.05, 4.69) is 58.4 Å². The number of carbonyl (C=O) groups excluding carboxylic acids is 1. The highest BCUT2D eigenvalue weighted by molar-refractivity contribution is 5.80. The first-order chi connectivity index (χ1) is 20.0. The zero-order valence-electron chi connectivity index (χ0n) is 23.4. The lowest BCUT2D eigenvalue weighted by atomic mass is 9.79. The van der Waals surface area contributed by atoms with E-state index in [1.165, 1.54) is 22.0 Å². The highest BCUT2D eigenvalue weighted by atomic mass is 16.3. The van der Waals surface area contributed by atoms with Crippen LogP contribution in [-0.2, 0) is 17.8 Å². The molecule has 7 nitrogen and oxygen atoms in total. The Hall–Kier alpha value is -3.81. The molecule has 0 unspecified atom stereocenters. The number of hydrogen-bond acceptors (Lipinski definition) is 5. The first-order valence-corrected chi connectivity index (χ1v) is 14.8. The fourth-order valence-corrected chi connectivity index (χ4v) is 6.56. The molecule has 0 bridgehead atoms. The monoisotopic (exact) mass is 550 g/mol. The Morgan fingerprint density at radius 1 is 0.902 bits per heavy atom. The smallest absolute Gasteiger partial charge is 0.261 e. The minimum atomic E-state index is -1.05. The van der Waals surface area contributed by atoms with Crippen molar-refractivity contribution in [1.82, 2.24) is 19.4 Å². The number of likely N-dealkylation sites (tertiary alicyclic amines) is 2. The van der Waals surface area contributed by atoms with Crippen molar-refractivity contribution in [1.29, 1.82) is 0 Å². The minimum Gasteiger partial charge on any atom is -0.388 e. The predicted molar refractivity (Wildman–Crippen MR) is 161 cm³/mol. The van der Waals surface area contributed by atoms with Gasteiger partial charge in [0.2, 0.25) is 5.91 Å². The predicted octanol–water partition coefficient (Wildman–Crippen LogP) is 4.10. The molecule has 0 aliphatic carbocycles. The van der Waals surface area contributed by atoms with Crippen LogP contribution >= 0.6 is 0 Å². The molecular weight excluding hydrogens is 512 g/mol. The van der Waals surface area contributed by atoms with Gasteiger partial charge >= 0.3 is 0 Å². The zero-order chi connectivity index (χ0) is 28.2. The summed E-state index contributed by atoms with van der Waals surface area (Å²) in [4.78, 5) is 35.8. The van der Waals surface area contributed by atoms with E-state index in [1.807, 2.05) is 35.2 Å². The molecule has 2 aliphatic rings. The molecule has 2 fully saturated rings. The van der Waals surface area contributed by atoms with Gasteiger partial charge in [-0.3, -0.25) is 14.2 Å². The fraction of sp³-hybridized carbons (Fsp3) is 0.382. The van der Waals surface area contributed by atoms with Crippen LogP contribution in [0.4, 0.5) is 0 Å². The molecule has 7 heteroatoms. The quantitative estimate of drug-likeness (QED) is 0.375. The number of aromatic nitrogens is 2. The van der Waals surface area contributed by atoms with Crippen molar-refractivity contribution in [3.63, 3.8) is 0 Å². The highest BCUT2D eigenvalue weighted by Crippen LogP contribution is 2.35. The second-order valence-electron chi connectivity index (χ2n) is 11.7. The molecule has 212 valence electrons. The Morgan fingerprint density at radius 3 is 2.34 bits per heavy atom. The maximum Gasteiger partial charge on any atom is 0.261 e. The highest BCUT2D eigenvalue weighted by Gasteiger charge is 2.40. The summed E-state index contributed by atoms with van der Waals surface area (Å²) in [5, 5.41) is 12.0. The van der Waals surface area contributed by atoms with E-state index in [1.54, 1.807) is 6.07 Å². The third kappa shape index (κ3) is 6.11. The third-order valence-electron chi connectivity index (χ3n) is 9.00. The van der Waals surface area contributed by atoms with Crippen LogP contribution in [0.3, 0.4) is 0 Å². The summed E-state index contributed by atoms with van der Waals surface area (Å²) in [6.45, 7) is 3.90. The number of nitrogens with zero attached hydrogens (tertiary/aromatic N) is 4. The molecule has 3 heterocycles. The molecule has 2 atom stereocenters. The van der Waals surface area contributed by atoms with Crippen molar-refractivity contribution in [3.8, 4) is 0 Å². The normalized spacial score (nSPS) is 21.1. The minimum absolute atomic E-state index is 0.0797. The fourth-order valence-electron chi connectivity index (χ4n) is 6.56. The van der Waals surface area contributed by atoms with E-state index in [4.69, 9.17) is 0 Å². The topological polar surface area (TPSA) is 78.7 Å². The summed E-state index contributed by atoms with van der Waals surface area (Å²) in [7, 11) is 0. The second kappa shape index (κ2) is 12.0. The first kappa shape index (κ1) is 27.4. The molecule has 0 spiro atoms. The van der Waals surface area contributed by atoms with Crippen LogP contribution in [0.15, 0.2) is 96.1 Å². The number of rotatable bonds is 7. The van der Waals surface area contributed by atoms with Gasteiger partial charge in [-0.2, -0.15) is 0 Å². The lowest BCUT2D eigenvalue weighted by molar-refractivity contribution is -0.142. The molecule has 3 aromatic carbocycles. The lowest BCUT2D eigenvalue weighted by Gasteiger charge is -2.43. The standard InChI is InChI=1S/C34H38N4O3/c39-32(37-21-17-34(41,18-22-37)24-38-25-35-31-14-8-7-13-29(31)33(38)40)28-16-20-36(19-15-26-9-3-1-4-10-26)23-30(28)27-11-5-2-6-12-27/h1-14,25,28,30,41H,15-24H2/t28-,30+/m1/s1. The number of carbonyl (C=O) groups is 1. The van der Waals surface area contributed by atoms with Gasteiger partial charge in [-0.1, -0.05) is 72.8 Å². The molecule has 1 amide bonds. The lowest BCUT2D eigenvalue weighted by Crippen LogP contribution is -2.53. The molecule has 4 aromatic rings. The Morgan fingerprint density at radius 2 is 1.59 bits per heavy atom. The van der Waals surface area contributed by atoms with E-state index >= 15 is 0 Å². The number of amides is 1. The van der Waals surface area contributed by atoms with Crippen molar-refractivity contribution in [2.45, 2.75) is 43.7 Å². The molecule has 6 rings (SSSR count). The molecule has 0 saturated carbocycles. The zero-order valence-corrected chi connectivity index (χ0v) is 23.4. The number of benzene rings is 3. The van der Waals surface area contributed by atoms with Gasteiger partial charge < -0.3 is 14.9 Å². The maximum atomic E-state index is 14.0. The first-order valence-electron chi connectivity index (χ1n) is 14.8. The van der Waals surface area contributed by atoms with Crippen LogP contribution in [0, 0.1) is 5.92 Å². The average Bonchev–Trinajstić information content (AvgIpc) is 3.02. The number of piperidine rings is 2. The second-order valence-corrected chi connectivity index (χ2v) is 11.7.